The van der Waals surface area contributed by atoms with Gasteiger partial charge in [-0.25, -0.2) is 0 Å². The van der Waals surface area contributed by atoms with Crippen molar-refractivity contribution in [2.75, 3.05) is 7.11 Å². The lowest BCUT2D eigenvalue weighted by Gasteiger charge is -2.41. The Balaban J connectivity index is 2.53. The van der Waals surface area contributed by atoms with Gasteiger partial charge in [0, 0.05) is 12.0 Å². The van der Waals surface area contributed by atoms with Crippen LogP contribution in [0.4, 0.5) is 0 Å². The molecule has 0 spiro atoms. The molecule has 1 atom stereocenters. The number of carbonyl (C=O) groups excluding carboxylic acids is 1. The number of ether oxygens (including phenoxy) is 1. The minimum Gasteiger partial charge on any atom is -0.493 e. The summed E-state index contributed by atoms with van der Waals surface area (Å²) in [5.74, 6) is 0.724. The topological polar surface area (TPSA) is 26.3 Å². The molecule has 2 nitrogen and oxygen atoms in total. The summed E-state index contributed by atoms with van der Waals surface area (Å²) in [6.07, 6.45) is 4.92. The first kappa shape index (κ1) is 10.5. The van der Waals surface area contributed by atoms with Gasteiger partial charge in [-0.3, -0.25) is 4.79 Å². The summed E-state index contributed by atoms with van der Waals surface area (Å²) in [6.45, 7) is 6.32. The van der Waals surface area contributed by atoms with Crippen LogP contribution >= 0.6 is 0 Å². The lowest BCUT2D eigenvalue weighted by molar-refractivity contribution is -0.120. The van der Waals surface area contributed by atoms with E-state index in [1.165, 1.54) is 6.42 Å². The second kappa shape index (κ2) is 3.51. The highest BCUT2D eigenvalue weighted by molar-refractivity contribution is 5.96. The molecule has 0 saturated heterocycles. The molecule has 2 aliphatic rings. The first-order valence-electron chi connectivity index (χ1n) is 5.58. The van der Waals surface area contributed by atoms with Gasteiger partial charge < -0.3 is 4.74 Å². The molecule has 0 N–H and O–H groups in total. The largest absolute Gasteiger partial charge is 0.493 e. The van der Waals surface area contributed by atoms with Crippen LogP contribution < -0.4 is 0 Å². The third kappa shape index (κ3) is 1.52. The zero-order valence-corrected chi connectivity index (χ0v) is 9.56. The van der Waals surface area contributed by atoms with Gasteiger partial charge >= 0.3 is 0 Å². The third-order valence-electron chi connectivity index (χ3n) is 3.75. The van der Waals surface area contributed by atoms with E-state index < -0.39 is 0 Å². The van der Waals surface area contributed by atoms with Crippen LogP contribution in [0, 0.1) is 5.41 Å². The number of allylic oxidation sites excluding steroid dienone is 3. The van der Waals surface area contributed by atoms with Crippen molar-refractivity contribution in [2.45, 2.75) is 39.0 Å². The molecule has 1 fully saturated rings. The van der Waals surface area contributed by atoms with E-state index >= 15 is 0 Å². The Bertz CT molecular complexity index is 352. The summed E-state index contributed by atoms with van der Waals surface area (Å²) >= 11 is 0. The molecule has 2 rings (SSSR count). The van der Waals surface area contributed by atoms with Gasteiger partial charge in [-0.1, -0.05) is 13.5 Å². The van der Waals surface area contributed by atoms with Crippen LogP contribution in [0.3, 0.4) is 0 Å². The molecule has 0 amide bonds. The molecule has 1 saturated carbocycles. The average molecular weight is 206 g/mol. The minimum atomic E-state index is 0.134. The number of methoxy groups -OCH3 is 1. The molecule has 0 aromatic heterocycles. The molecule has 0 heterocycles. The van der Waals surface area contributed by atoms with E-state index in [2.05, 4.69) is 13.5 Å². The van der Waals surface area contributed by atoms with Crippen molar-refractivity contribution in [1.29, 1.82) is 0 Å². The van der Waals surface area contributed by atoms with E-state index in [1.807, 2.05) is 0 Å². The van der Waals surface area contributed by atoms with Crippen LogP contribution in [-0.4, -0.2) is 12.9 Å². The molecule has 2 aliphatic carbocycles. The molecule has 0 aromatic rings. The molecule has 0 aliphatic heterocycles. The van der Waals surface area contributed by atoms with Gasteiger partial charge in [-0.05, 0) is 36.7 Å². The summed E-state index contributed by atoms with van der Waals surface area (Å²) < 4.78 is 5.28. The monoisotopic (exact) mass is 206 g/mol. The summed E-state index contributed by atoms with van der Waals surface area (Å²) in [4.78, 5) is 11.7. The van der Waals surface area contributed by atoms with Crippen LogP contribution in [0.15, 0.2) is 23.5 Å². The quantitative estimate of drug-likeness (QED) is 0.659. The van der Waals surface area contributed by atoms with Gasteiger partial charge in [0.25, 0.3) is 0 Å². The van der Waals surface area contributed by atoms with E-state index in [0.717, 1.165) is 30.4 Å². The van der Waals surface area contributed by atoms with Crippen molar-refractivity contribution in [3.8, 4) is 0 Å². The minimum absolute atomic E-state index is 0.134. The zero-order valence-electron chi connectivity index (χ0n) is 9.56. The summed E-state index contributed by atoms with van der Waals surface area (Å²) in [6, 6.07) is 0. The number of ketones is 1. The SMILES string of the molecule is C=C1CCCC2(C)CCC(=O)C(OC)=C12. The Hall–Kier alpha value is -1.05. The van der Waals surface area contributed by atoms with E-state index in [9.17, 15) is 4.79 Å². The number of rotatable bonds is 1. The first-order chi connectivity index (χ1) is 7.08. The van der Waals surface area contributed by atoms with E-state index in [4.69, 9.17) is 4.74 Å². The van der Waals surface area contributed by atoms with Crippen LogP contribution in [0.1, 0.15) is 39.0 Å². The van der Waals surface area contributed by atoms with Gasteiger partial charge in [-0.15, -0.1) is 0 Å². The normalized spacial score (nSPS) is 31.6. The maximum atomic E-state index is 11.7. The molecule has 1 unspecified atom stereocenters. The van der Waals surface area contributed by atoms with Crippen molar-refractivity contribution in [1.82, 2.24) is 0 Å². The van der Waals surface area contributed by atoms with Crippen LogP contribution in [0.5, 0.6) is 0 Å². The average Bonchev–Trinajstić information content (AvgIpc) is 2.20. The van der Waals surface area contributed by atoms with Crippen molar-refractivity contribution < 1.29 is 9.53 Å². The van der Waals surface area contributed by atoms with Gasteiger partial charge in [0.2, 0.25) is 0 Å². The Kier molecular flexibility index (Phi) is 2.45. The fraction of sp³-hybridized carbons (Fsp3) is 0.615. The second-order valence-corrected chi connectivity index (χ2v) is 4.85. The Morgan fingerprint density at radius 3 is 2.73 bits per heavy atom. The fourth-order valence-corrected chi connectivity index (χ4v) is 2.91. The molecule has 82 valence electrons. The molecule has 0 bridgehead atoms. The van der Waals surface area contributed by atoms with Crippen molar-refractivity contribution in [2.24, 2.45) is 5.41 Å². The summed E-state index contributed by atoms with van der Waals surface area (Å²) in [5.41, 5.74) is 2.34. The highest BCUT2D eigenvalue weighted by Gasteiger charge is 2.41. The maximum Gasteiger partial charge on any atom is 0.197 e. The maximum absolute atomic E-state index is 11.7. The standard InChI is InChI=1S/C13H18O2/c1-9-5-4-7-13(2)8-6-10(14)12(15-3)11(9)13/h1,4-8H2,2-3H3. The Labute approximate surface area is 91.0 Å². The first-order valence-corrected chi connectivity index (χ1v) is 5.58. The summed E-state index contributed by atoms with van der Waals surface area (Å²) in [5, 5.41) is 0. The molecular formula is C13H18O2. The number of Topliss-reactive ketones (excluding diaryl/α,β-unsaturated/α-hetero) is 1. The molecule has 2 heteroatoms. The van der Waals surface area contributed by atoms with Crippen LogP contribution in [0.25, 0.3) is 0 Å². The van der Waals surface area contributed by atoms with Gasteiger partial charge in [0.1, 0.15) is 0 Å². The number of carbonyl (C=O) groups is 1. The van der Waals surface area contributed by atoms with Crippen molar-refractivity contribution in [3.63, 3.8) is 0 Å². The van der Waals surface area contributed by atoms with E-state index in [0.29, 0.717) is 12.2 Å². The van der Waals surface area contributed by atoms with Gasteiger partial charge in [-0.2, -0.15) is 0 Å². The van der Waals surface area contributed by atoms with Crippen LogP contribution in [-0.2, 0) is 9.53 Å². The highest BCUT2D eigenvalue weighted by atomic mass is 16.5. The Morgan fingerprint density at radius 2 is 2.07 bits per heavy atom. The highest BCUT2D eigenvalue weighted by Crippen LogP contribution is 2.50. The fourth-order valence-electron chi connectivity index (χ4n) is 2.91. The predicted octanol–water partition coefficient (Wildman–Crippen LogP) is 3.00. The molecule has 0 aromatic carbocycles. The number of hydrogen-bond acceptors (Lipinski definition) is 2. The lowest BCUT2D eigenvalue weighted by Crippen LogP contribution is -2.32. The predicted molar refractivity (Wildman–Crippen MR) is 59.4 cm³/mol. The third-order valence-corrected chi connectivity index (χ3v) is 3.75. The van der Waals surface area contributed by atoms with E-state index in [1.54, 1.807) is 7.11 Å². The summed E-state index contributed by atoms with van der Waals surface area (Å²) in [7, 11) is 1.59. The Morgan fingerprint density at radius 1 is 1.33 bits per heavy atom. The van der Waals surface area contributed by atoms with Gasteiger partial charge in [0.15, 0.2) is 11.5 Å². The smallest absolute Gasteiger partial charge is 0.197 e. The number of hydrogen-bond donors (Lipinski definition) is 0. The molecule has 15 heavy (non-hydrogen) atoms. The van der Waals surface area contributed by atoms with Crippen molar-refractivity contribution in [3.05, 3.63) is 23.5 Å². The van der Waals surface area contributed by atoms with Crippen LogP contribution in [0.2, 0.25) is 0 Å². The van der Waals surface area contributed by atoms with Gasteiger partial charge in [0.05, 0.1) is 7.11 Å². The lowest BCUT2D eigenvalue weighted by atomic mass is 9.64. The van der Waals surface area contributed by atoms with Crippen molar-refractivity contribution >= 4 is 5.78 Å². The zero-order chi connectivity index (χ0) is 11.1. The molecular weight excluding hydrogens is 188 g/mol. The van der Waals surface area contributed by atoms with E-state index in [-0.39, 0.29) is 11.2 Å². The second-order valence-electron chi connectivity index (χ2n) is 4.85. The number of fused-ring (bicyclic) bond motifs is 1. The molecule has 0 radical (unpaired) electrons.